The van der Waals surface area contributed by atoms with E-state index in [1.54, 1.807) is 18.3 Å². The van der Waals surface area contributed by atoms with Crippen molar-refractivity contribution in [1.29, 1.82) is 0 Å². The number of H-pyrrole nitrogens is 1. The Morgan fingerprint density at radius 1 is 1.20 bits per heavy atom. The second kappa shape index (κ2) is 5.83. The van der Waals surface area contributed by atoms with Crippen LogP contribution in [0.3, 0.4) is 0 Å². The number of carbonyl (C=O) groups is 2. The van der Waals surface area contributed by atoms with Gasteiger partial charge in [0.25, 0.3) is 5.78 Å². The molecule has 0 bridgehead atoms. The highest BCUT2D eigenvalue weighted by atomic mass is 16.4. The van der Waals surface area contributed by atoms with Gasteiger partial charge in [-0.2, -0.15) is 0 Å². The zero-order valence-corrected chi connectivity index (χ0v) is 10.4. The summed E-state index contributed by atoms with van der Waals surface area (Å²) in [5, 5.41) is 18.1. The van der Waals surface area contributed by atoms with Gasteiger partial charge < -0.3 is 15.2 Å². The summed E-state index contributed by atoms with van der Waals surface area (Å²) < 4.78 is 0. The molecule has 0 unspecified atom stereocenters. The van der Waals surface area contributed by atoms with Gasteiger partial charge in [0.15, 0.2) is 0 Å². The molecule has 0 aliphatic carbocycles. The zero-order chi connectivity index (χ0) is 14.5. The van der Waals surface area contributed by atoms with Crippen LogP contribution in [-0.4, -0.2) is 31.9 Å². The SMILES string of the molecule is O=C(O)C(=O)C=C(O)c1ccc(Cc2ccccn2)[nH]1. The van der Waals surface area contributed by atoms with Gasteiger partial charge in [-0.1, -0.05) is 6.07 Å². The number of aromatic amines is 1. The van der Waals surface area contributed by atoms with Gasteiger partial charge in [-0.15, -0.1) is 0 Å². The highest BCUT2D eigenvalue weighted by Gasteiger charge is 2.11. The minimum absolute atomic E-state index is 0.283. The van der Waals surface area contributed by atoms with E-state index in [2.05, 4.69) is 9.97 Å². The van der Waals surface area contributed by atoms with E-state index >= 15 is 0 Å². The Hall–Kier alpha value is -2.89. The molecule has 0 aliphatic rings. The molecule has 3 N–H and O–H groups in total. The summed E-state index contributed by atoms with van der Waals surface area (Å²) in [6, 6.07) is 8.85. The van der Waals surface area contributed by atoms with Gasteiger partial charge in [-0.05, 0) is 24.3 Å². The number of carbonyl (C=O) groups excluding carboxylic acids is 1. The van der Waals surface area contributed by atoms with Crippen LogP contribution in [0.1, 0.15) is 17.1 Å². The lowest BCUT2D eigenvalue weighted by Gasteiger charge is -1.98. The molecule has 2 aromatic rings. The van der Waals surface area contributed by atoms with E-state index in [1.807, 2.05) is 18.2 Å². The Bertz CT molecular complexity index is 659. The molecule has 0 spiro atoms. The van der Waals surface area contributed by atoms with Crippen LogP contribution in [-0.2, 0) is 16.0 Å². The normalized spacial score (nSPS) is 11.3. The summed E-state index contributed by atoms with van der Waals surface area (Å²) in [7, 11) is 0. The number of aliphatic hydroxyl groups is 1. The topological polar surface area (TPSA) is 103 Å². The molecule has 0 aliphatic heterocycles. The van der Waals surface area contributed by atoms with Crippen molar-refractivity contribution in [3.05, 3.63) is 59.7 Å². The first-order chi connectivity index (χ1) is 9.56. The van der Waals surface area contributed by atoms with Crippen molar-refractivity contribution in [2.45, 2.75) is 6.42 Å². The molecule has 6 nitrogen and oxygen atoms in total. The van der Waals surface area contributed by atoms with Crippen LogP contribution in [0.2, 0.25) is 0 Å². The van der Waals surface area contributed by atoms with E-state index < -0.39 is 17.5 Å². The number of pyridine rings is 1. The van der Waals surface area contributed by atoms with Gasteiger partial charge in [0.05, 0.1) is 5.69 Å². The quantitative estimate of drug-likeness (QED) is 0.435. The number of hydrogen-bond donors (Lipinski definition) is 3. The first-order valence-electron chi connectivity index (χ1n) is 5.82. The summed E-state index contributed by atoms with van der Waals surface area (Å²) in [5.74, 6) is -3.20. The van der Waals surface area contributed by atoms with Gasteiger partial charge >= 0.3 is 5.97 Å². The molecule has 0 amide bonds. The van der Waals surface area contributed by atoms with Crippen LogP contribution >= 0.6 is 0 Å². The molecule has 2 aromatic heterocycles. The molecule has 0 fully saturated rings. The summed E-state index contributed by atoms with van der Waals surface area (Å²) >= 11 is 0. The minimum Gasteiger partial charge on any atom is -0.506 e. The highest BCUT2D eigenvalue weighted by Crippen LogP contribution is 2.13. The van der Waals surface area contributed by atoms with E-state index in [0.717, 1.165) is 11.4 Å². The average Bonchev–Trinajstić information content (AvgIpc) is 2.88. The maximum Gasteiger partial charge on any atom is 0.376 e. The van der Waals surface area contributed by atoms with Crippen molar-refractivity contribution in [2.75, 3.05) is 0 Å². The van der Waals surface area contributed by atoms with Crippen LogP contribution in [0.25, 0.3) is 5.76 Å². The molecular weight excluding hydrogens is 260 g/mol. The Kier molecular flexibility index (Phi) is 3.95. The average molecular weight is 272 g/mol. The number of aliphatic carboxylic acids is 1. The second-order valence-corrected chi connectivity index (χ2v) is 4.09. The lowest BCUT2D eigenvalue weighted by Crippen LogP contribution is -2.09. The molecule has 0 radical (unpaired) electrons. The van der Waals surface area contributed by atoms with Gasteiger partial charge in [0.1, 0.15) is 5.76 Å². The maximum absolute atomic E-state index is 11.0. The smallest absolute Gasteiger partial charge is 0.376 e. The zero-order valence-electron chi connectivity index (χ0n) is 10.4. The number of carboxylic acid groups (broad SMARTS) is 1. The minimum atomic E-state index is -1.61. The number of nitrogens with zero attached hydrogens (tertiary/aromatic N) is 1. The first kappa shape index (κ1) is 13.5. The third-order valence-corrected chi connectivity index (χ3v) is 2.60. The number of carboxylic acids is 1. The Morgan fingerprint density at radius 3 is 2.65 bits per heavy atom. The molecule has 0 atom stereocenters. The molecule has 0 saturated heterocycles. The van der Waals surface area contributed by atoms with E-state index in [9.17, 15) is 14.7 Å². The fourth-order valence-corrected chi connectivity index (χ4v) is 1.65. The lowest BCUT2D eigenvalue weighted by molar-refractivity contribution is -0.146. The van der Waals surface area contributed by atoms with E-state index in [4.69, 9.17) is 5.11 Å². The van der Waals surface area contributed by atoms with E-state index in [0.29, 0.717) is 12.5 Å². The number of aromatic nitrogens is 2. The standard InChI is InChI=1S/C14H12N2O4/c17-12(8-13(18)14(19)20)11-5-4-10(16-11)7-9-3-1-2-6-15-9/h1-6,8,16-17H,7H2,(H,19,20). The number of ketones is 1. The van der Waals surface area contributed by atoms with E-state index in [1.165, 1.54) is 0 Å². The van der Waals surface area contributed by atoms with Gasteiger partial charge in [0.2, 0.25) is 0 Å². The van der Waals surface area contributed by atoms with Crippen LogP contribution in [0.4, 0.5) is 0 Å². The van der Waals surface area contributed by atoms with Gasteiger partial charge in [-0.3, -0.25) is 9.78 Å². The fraction of sp³-hybridized carbons (Fsp3) is 0.0714. The summed E-state index contributed by atoms with van der Waals surface area (Å²) in [6.07, 6.45) is 2.89. The number of aliphatic hydroxyl groups excluding tert-OH is 1. The van der Waals surface area contributed by atoms with Crippen LogP contribution in [0.5, 0.6) is 0 Å². The molecular formula is C14H12N2O4. The van der Waals surface area contributed by atoms with Crippen molar-refractivity contribution in [1.82, 2.24) is 9.97 Å². The van der Waals surface area contributed by atoms with Crippen molar-refractivity contribution in [3.8, 4) is 0 Å². The Labute approximate surface area is 114 Å². The lowest BCUT2D eigenvalue weighted by atomic mass is 10.2. The second-order valence-electron chi connectivity index (χ2n) is 4.09. The summed E-state index contributed by atoms with van der Waals surface area (Å²) in [4.78, 5) is 28.4. The van der Waals surface area contributed by atoms with Gasteiger partial charge in [0, 0.05) is 30.1 Å². The predicted octanol–water partition coefficient (Wildman–Crippen LogP) is 1.55. The largest absolute Gasteiger partial charge is 0.506 e. The number of nitrogens with one attached hydrogen (secondary N) is 1. The molecule has 6 heteroatoms. The van der Waals surface area contributed by atoms with E-state index in [-0.39, 0.29) is 5.69 Å². The predicted molar refractivity (Wildman–Crippen MR) is 71.1 cm³/mol. The first-order valence-corrected chi connectivity index (χ1v) is 5.82. The maximum atomic E-state index is 11.0. The van der Waals surface area contributed by atoms with Crippen LogP contribution < -0.4 is 0 Å². The molecule has 2 rings (SSSR count). The molecule has 2 heterocycles. The third-order valence-electron chi connectivity index (χ3n) is 2.60. The molecule has 20 heavy (non-hydrogen) atoms. The Balaban J connectivity index is 2.13. The highest BCUT2D eigenvalue weighted by molar-refractivity contribution is 6.38. The monoisotopic (exact) mass is 272 g/mol. The Morgan fingerprint density at radius 2 is 2.00 bits per heavy atom. The number of hydrogen-bond acceptors (Lipinski definition) is 4. The molecule has 102 valence electrons. The molecule has 0 saturated carbocycles. The molecule has 0 aromatic carbocycles. The third kappa shape index (κ3) is 3.32. The van der Waals surface area contributed by atoms with Crippen molar-refractivity contribution >= 4 is 17.5 Å². The van der Waals surface area contributed by atoms with Crippen molar-refractivity contribution < 1.29 is 19.8 Å². The fourth-order valence-electron chi connectivity index (χ4n) is 1.65. The van der Waals surface area contributed by atoms with Crippen LogP contribution in [0.15, 0.2) is 42.6 Å². The number of rotatable bonds is 5. The van der Waals surface area contributed by atoms with Crippen molar-refractivity contribution in [3.63, 3.8) is 0 Å². The van der Waals surface area contributed by atoms with Gasteiger partial charge in [-0.25, -0.2) is 4.79 Å². The van der Waals surface area contributed by atoms with Crippen LogP contribution in [0, 0.1) is 0 Å². The summed E-state index contributed by atoms with van der Waals surface area (Å²) in [6.45, 7) is 0. The van der Waals surface area contributed by atoms with Crippen molar-refractivity contribution in [2.24, 2.45) is 0 Å². The summed E-state index contributed by atoms with van der Waals surface area (Å²) in [5.41, 5.74) is 1.93.